The fourth-order valence-corrected chi connectivity index (χ4v) is 2.45. The molecule has 0 bridgehead atoms. The molecule has 0 fully saturated rings. The van der Waals surface area contributed by atoms with Crippen LogP contribution in [-0.2, 0) is 22.6 Å². The van der Waals surface area contributed by atoms with Crippen LogP contribution in [0.5, 0.6) is 0 Å². The Morgan fingerprint density at radius 1 is 1.00 bits per heavy atom. The highest BCUT2D eigenvalue weighted by molar-refractivity contribution is 5.79. The van der Waals surface area contributed by atoms with Crippen LogP contribution in [-0.4, -0.2) is 39.4 Å². The summed E-state index contributed by atoms with van der Waals surface area (Å²) < 4.78 is 10.9. The molecule has 5 heteroatoms. The molecule has 142 valence electrons. The Bertz CT molecular complexity index is 478. The van der Waals surface area contributed by atoms with E-state index in [1.165, 1.54) is 36.8 Å². The molecule has 0 saturated carbocycles. The number of unbranched alkanes of at least 4 members (excludes halogenated alkanes) is 3. The maximum Gasteiger partial charge on any atom is 0.191 e. The van der Waals surface area contributed by atoms with Crippen molar-refractivity contribution < 1.29 is 9.47 Å². The van der Waals surface area contributed by atoms with Crippen LogP contribution in [0.1, 0.15) is 50.7 Å². The van der Waals surface area contributed by atoms with Crippen LogP contribution in [0.25, 0.3) is 0 Å². The highest BCUT2D eigenvalue weighted by Crippen LogP contribution is 2.06. The Labute approximate surface area is 153 Å². The van der Waals surface area contributed by atoms with Gasteiger partial charge in [0.05, 0.1) is 19.8 Å². The highest BCUT2D eigenvalue weighted by atomic mass is 16.5. The fourth-order valence-electron chi connectivity index (χ4n) is 2.45. The second kappa shape index (κ2) is 14.7. The maximum atomic E-state index is 5.63. The van der Waals surface area contributed by atoms with Gasteiger partial charge in [0.25, 0.3) is 0 Å². The molecule has 25 heavy (non-hydrogen) atoms. The molecule has 1 aromatic rings. The molecule has 1 rings (SSSR count). The van der Waals surface area contributed by atoms with Gasteiger partial charge in [-0.3, -0.25) is 4.99 Å². The average molecular weight is 350 g/mol. The first-order valence-electron chi connectivity index (χ1n) is 9.48. The van der Waals surface area contributed by atoms with Crippen LogP contribution in [0.4, 0.5) is 0 Å². The van der Waals surface area contributed by atoms with Gasteiger partial charge in [-0.1, -0.05) is 50.5 Å². The molecule has 0 unspecified atom stereocenters. The fraction of sp³-hybridized carbons (Fsp3) is 0.650. The van der Waals surface area contributed by atoms with Crippen molar-refractivity contribution in [3.05, 3.63) is 35.4 Å². The predicted molar refractivity (Wildman–Crippen MR) is 105 cm³/mol. The Morgan fingerprint density at radius 3 is 2.56 bits per heavy atom. The topological polar surface area (TPSA) is 54.9 Å². The quantitative estimate of drug-likeness (QED) is 0.325. The molecule has 0 heterocycles. The summed E-state index contributed by atoms with van der Waals surface area (Å²) in [5, 5.41) is 6.73. The molecule has 0 aromatic heterocycles. The molecule has 1 aromatic carbocycles. The Kier molecular flexibility index (Phi) is 12.6. The molecule has 0 radical (unpaired) electrons. The van der Waals surface area contributed by atoms with Crippen molar-refractivity contribution in [2.45, 2.75) is 52.7 Å². The third kappa shape index (κ3) is 10.8. The smallest absolute Gasteiger partial charge is 0.191 e. The predicted octanol–water partition coefficient (Wildman–Crippen LogP) is 3.49. The molecule has 2 N–H and O–H groups in total. The normalized spacial score (nSPS) is 11.6. The van der Waals surface area contributed by atoms with Crippen molar-refractivity contribution in [1.29, 1.82) is 0 Å². The minimum atomic E-state index is 0.616. The molecule has 0 amide bonds. The van der Waals surface area contributed by atoms with Gasteiger partial charge in [-0.2, -0.15) is 0 Å². The zero-order valence-electron chi connectivity index (χ0n) is 16.1. The van der Waals surface area contributed by atoms with E-state index in [9.17, 15) is 0 Å². The van der Waals surface area contributed by atoms with E-state index in [4.69, 9.17) is 9.47 Å². The minimum absolute atomic E-state index is 0.616. The van der Waals surface area contributed by atoms with E-state index < -0.39 is 0 Å². The van der Waals surface area contributed by atoms with E-state index >= 15 is 0 Å². The molecule has 0 aliphatic heterocycles. The number of aliphatic imine (C=N–C) groups is 1. The van der Waals surface area contributed by atoms with E-state index in [0.717, 1.165) is 25.7 Å². The lowest BCUT2D eigenvalue weighted by molar-refractivity contribution is 0.0453. The zero-order chi connectivity index (χ0) is 18.2. The van der Waals surface area contributed by atoms with E-state index in [1.54, 1.807) is 0 Å². The monoisotopic (exact) mass is 349 g/mol. The summed E-state index contributed by atoms with van der Waals surface area (Å²) in [5.41, 5.74) is 2.40. The van der Waals surface area contributed by atoms with Gasteiger partial charge in [-0.15, -0.1) is 0 Å². The van der Waals surface area contributed by atoms with Gasteiger partial charge in [-0.05, 0) is 24.5 Å². The standard InChI is InChI=1S/C20H35N3O2/c1-4-6-7-8-12-22-20(21-3)23-16-18-10-9-11-19(15-18)17-25-14-13-24-5-2/h9-11,15H,4-8,12-14,16-17H2,1-3H3,(H2,21,22,23). The van der Waals surface area contributed by atoms with Crippen LogP contribution in [0.3, 0.4) is 0 Å². The average Bonchev–Trinajstić information content (AvgIpc) is 2.64. The third-order valence-electron chi connectivity index (χ3n) is 3.84. The number of ether oxygens (including phenoxy) is 2. The van der Waals surface area contributed by atoms with Crippen molar-refractivity contribution in [3.8, 4) is 0 Å². The van der Waals surface area contributed by atoms with Crippen molar-refractivity contribution in [3.63, 3.8) is 0 Å². The van der Waals surface area contributed by atoms with Gasteiger partial charge in [0.2, 0.25) is 0 Å². The molecule has 0 saturated heterocycles. The number of benzene rings is 1. The van der Waals surface area contributed by atoms with Crippen molar-refractivity contribution in [2.24, 2.45) is 4.99 Å². The first-order valence-corrected chi connectivity index (χ1v) is 9.48. The lowest BCUT2D eigenvalue weighted by Crippen LogP contribution is -2.37. The summed E-state index contributed by atoms with van der Waals surface area (Å²) >= 11 is 0. The second-order valence-electron chi connectivity index (χ2n) is 5.98. The first kappa shape index (κ1) is 21.5. The van der Waals surface area contributed by atoms with Crippen LogP contribution in [0.2, 0.25) is 0 Å². The van der Waals surface area contributed by atoms with Crippen LogP contribution >= 0.6 is 0 Å². The molecule has 0 aliphatic rings. The summed E-state index contributed by atoms with van der Waals surface area (Å²) in [6.45, 7) is 8.57. The Morgan fingerprint density at radius 2 is 1.80 bits per heavy atom. The second-order valence-corrected chi connectivity index (χ2v) is 5.98. The van der Waals surface area contributed by atoms with E-state index in [2.05, 4.69) is 46.8 Å². The number of hydrogen-bond donors (Lipinski definition) is 2. The first-order chi connectivity index (χ1) is 12.3. The van der Waals surface area contributed by atoms with Crippen molar-refractivity contribution in [2.75, 3.05) is 33.4 Å². The number of nitrogens with zero attached hydrogens (tertiary/aromatic N) is 1. The van der Waals surface area contributed by atoms with Gasteiger partial charge < -0.3 is 20.1 Å². The molecule has 0 atom stereocenters. The summed E-state index contributed by atoms with van der Waals surface area (Å²) in [4.78, 5) is 4.28. The molecular formula is C20H35N3O2. The van der Waals surface area contributed by atoms with Crippen LogP contribution in [0, 0.1) is 0 Å². The molecule has 0 spiro atoms. The lowest BCUT2D eigenvalue weighted by atomic mass is 10.1. The third-order valence-corrected chi connectivity index (χ3v) is 3.84. The molecule has 5 nitrogen and oxygen atoms in total. The summed E-state index contributed by atoms with van der Waals surface area (Å²) in [7, 11) is 1.81. The largest absolute Gasteiger partial charge is 0.379 e. The summed E-state index contributed by atoms with van der Waals surface area (Å²) in [6.07, 6.45) is 5.01. The van der Waals surface area contributed by atoms with Crippen molar-refractivity contribution in [1.82, 2.24) is 10.6 Å². The Balaban J connectivity index is 2.29. The zero-order valence-corrected chi connectivity index (χ0v) is 16.1. The van der Waals surface area contributed by atoms with Crippen molar-refractivity contribution >= 4 is 5.96 Å². The van der Waals surface area contributed by atoms with E-state index in [-0.39, 0.29) is 0 Å². The number of hydrogen-bond acceptors (Lipinski definition) is 3. The van der Waals surface area contributed by atoms with Gasteiger partial charge in [-0.25, -0.2) is 0 Å². The van der Waals surface area contributed by atoms with E-state index in [0.29, 0.717) is 19.8 Å². The Hall–Kier alpha value is -1.59. The molecular weight excluding hydrogens is 314 g/mol. The van der Waals surface area contributed by atoms with Gasteiger partial charge in [0.1, 0.15) is 0 Å². The van der Waals surface area contributed by atoms with Crippen LogP contribution in [0.15, 0.2) is 29.3 Å². The lowest BCUT2D eigenvalue weighted by Gasteiger charge is -2.12. The SMILES string of the molecule is CCCCCCNC(=NC)NCc1cccc(COCCOCC)c1. The number of guanidine groups is 1. The van der Waals surface area contributed by atoms with Gasteiger partial charge in [0.15, 0.2) is 5.96 Å². The number of rotatable bonds is 13. The van der Waals surface area contributed by atoms with Gasteiger partial charge in [0, 0.05) is 26.7 Å². The highest BCUT2D eigenvalue weighted by Gasteiger charge is 2.00. The summed E-state index contributed by atoms with van der Waals surface area (Å²) in [5.74, 6) is 0.856. The maximum absolute atomic E-state index is 5.63. The summed E-state index contributed by atoms with van der Waals surface area (Å²) in [6, 6.07) is 8.44. The van der Waals surface area contributed by atoms with Gasteiger partial charge >= 0.3 is 0 Å². The molecule has 0 aliphatic carbocycles. The van der Waals surface area contributed by atoms with E-state index in [1.807, 2.05) is 14.0 Å². The number of nitrogens with one attached hydrogen (secondary N) is 2. The van der Waals surface area contributed by atoms with Crippen LogP contribution < -0.4 is 10.6 Å². The minimum Gasteiger partial charge on any atom is -0.379 e.